The zero-order chi connectivity index (χ0) is 21.4. The highest BCUT2D eigenvalue weighted by atomic mass is 35.5. The molecule has 1 N–H and O–H groups in total. The maximum atomic E-state index is 13.0. The van der Waals surface area contributed by atoms with Crippen LogP contribution in [0.3, 0.4) is 0 Å². The van der Waals surface area contributed by atoms with Gasteiger partial charge in [0.05, 0.1) is 6.54 Å². The summed E-state index contributed by atoms with van der Waals surface area (Å²) in [7, 11) is 0. The molecule has 0 bridgehead atoms. The van der Waals surface area contributed by atoms with Crippen molar-refractivity contribution in [3.8, 4) is 0 Å². The van der Waals surface area contributed by atoms with Crippen LogP contribution < -0.4 is 5.32 Å². The number of amides is 1. The quantitative estimate of drug-likeness (QED) is 0.534. The molecule has 6 nitrogen and oxygen atoms in total. The van der Waals surface area contributed by atoms with Gasteiger partial charge in [-0.05, 0) is 38.0 Å². The van der Waals surface area contributed by atoms with E-state index in [0.29, 0.717) is 28.1 Å². The molecule has 0 spiro atoms. The largest absolute Gasteiger partial charge is 0.308 e. The van der Waals surface area contributed by atoms with Gasteiger partial charge < -0.3 is 5.32 Å². The number of rotatable bonds is 7. The summed E-state index contributed by atoms with van der Waals surface area (Å²) in [4.78, 5) is 12.5. The van der Waals surface area contributed by atoms with E-state index in [4.69, 9.17) is 23.2 Å². The van der Waals surface area contributed by atoms with Gasteiger partial charge in [0.1, 0.15) is 12.2 Å². The number of nitrogens with zero attached hydrogens (tertiary/aromatic N) is 4. The molecule has 1 amide bonds. The fraction of sp³-hybridized carbons (Fsp3) is 0.350. The van der Waals surface area contributed by atoms with E-state index in [0.717, 1.165) is 24.1 Å². The summed E-state index contributed by atoms with van der Waals surface area (Å²) in [5.74, 6) is 0.163. The highest BCUT2D eigenvalue weighted by Gasteiger charge is 2.30. The molecule has 4 rings (SSSR count). The lowest BCUT2D eigenvalue weighted by Gasteiger charge is -2.09. The van der Waals surface area contributed by atoms with E-state index in [-0.39, 0.29) is 24.1 Å². The smallest absolute Gasteiger partial charge is 0.282 e. The molecule has 30 heavy (non-hydrogen) atoms. The number of benzene rings is 1. The molecule has 1 saturated carbocycles. The Morgan fingerprint density at radius 1 is 1.20 bits per heavy atom. The lowest BCUT2D eigenvalue weighted by Crippen LogP contribution is -2.21. The molecule has 10 heteroatoms. The zero-order valence-electron chi connectivity index (χ0n) is 16.1. The minimum Gasteiger partial charge on any atom is -0.308 e. The van der Waals surface area contributed by atoms with Crippen LogP contribution in [0.1, 0.15) is 47.8 Å². The monoisotopic (exact) mass is 453 g/mol. The number of aromatic nitrogens is 4. The predicted molar refractivity (Wildman–Crippen MR) is 110 cm³/mol. The first kappa shape index (κ1) is 20.8. The summed E-state index contributed by atoms with van der Waals surface area (Å²) >= 11 is 12.4. The first-order valence-corrected chi connectivity index (χ1v) is 10.2. The Morgan fingerprint density at radius 2 is 1.90 bits per heavy atom. The fourth-order valence-corrected chi connectivity index (χ4v) is 3.79. The summed E-state index contributed by atoms with van der Waals surface area (Å²) in [6.07, 6.45) is -0.823. The molecule has 1 aliphatic rings. The van der Waals surface area contributed by atoms with Crippen molar-refractivity contribution in [3.63, 3.8) is 0 Å². The number of carbonyl (C=O) groups excluding carboxylic acids is 1. The Hall–Kier alpha value is -2.45. The Balaban J connectivity index is 1.46. The van der Waals surface area contributed by atoms with Crippen molar-refractivity contribution in [1.29, 1.82) is 0 Å². The van der Waals surface area contributed by atoms with E-state index < -0.39 is 6.43 Å². The van der Waals surface area contributed by atoms with Gasteiger partial charge in [0.15, 0.2) is 5.82 Å². The van der Waals surface area contributed by atoms with Gasteiger partial charge in [-0.1, -0.05) is 29.3 Å². The molecule has 3 aromatic rings. The van der Waals surface area contributed by atoms with Gasteiger partial charge in [-0.25, -0.2) is 8.78 Å². The normalized spacial score (nSPS) is 13.8. The third-order valence-electron chi connectivity index (χ3n) is 4.96. The Labute approximate surface area is 181 Å². The second-order valence-electron chi connectivity index (χ2n) is 7.30. The summed E-state index contributed by atoms with van der Waals surface area (Å²) < 4.78 is 29.1. The molecule has 0 atom stereocenters. The first-order valence-electron chi connectivity index (χ1n) is 9.45. The number of halogens is 4. The zero-order valence-corrected chi connectivity index (χ0v) is 17.6. The average molecular weight is 454 g/mol. The lowest BCUT2D eigenvalue weighted by molar-refractivity contribution is -0.117. The topological polar surface area (TPSA) is 64.7 Å². The summed E-state index contributed by atoms with van der Waals surface area (Å²) in [6.45, 7) is 2.05. The second-order valence-corrected chi connectivity index (χ2v) is 8.12. The van der Waals surface area contributed by atoms with Gasteiger partial charge in [0.25, 0.3) is 6.43 Å². The van der Waals surface area contributed by atoms with Crippen molar-refractivity contribution in [2.75, 3.05) is 5.32 Å². The van der Waals surface area contributed by atoms with Crippen LogP contribution in [0, 0.1) is 6.92 Å². The van der Waals surface area contributed by atoms with E-state index in [1.165, 1.54) is 10.7 Å². The molecule has 2 heterocycles. The number of carbonyl (C=O) groups is 1. The molecule has 0 unspecified atom stereocenters. The van der Waals surface area contributed by atoms with E-state index in [1.807, 2.05) is 6.92 Å². The van der Waals surface area contributed by atoms with Crippen LogP contribution in [0.2, 0.25) is 10.0 Å². The van der Waals surface area contributed by atoms with Crippen molar-refractivity contribution in [3.05, 3.63) is 63.0 Å². The molecule has 0 aliphatic heterocycles. The highest BCUT2D eigenvalue weighted by Crippen LogP contribution is 2.41. The molecule has 2 aromatic heterocycles. The maximum absolute atomic E-state index is 13.0. The summed E-state index contributed by atoms with van der Waals surface area (Å²) in [6, 6.07) is 8.37. The second kappa shape index (κ2) is 8.35. The van der Waals surface area contributed by atoms with Crippen LogP contribution in [0.4, 0.5) is 14.6 Å². The van der Waals surface area contributed by atoms with E-state index in [9.17, 15) is 13.6 Å². The van der Waals surface area contributed by atoms with Crippen molar-refractivity contribution in [2.24, 2.45) is 0 Å². The number of anilines is 1. The predicted octanol–water partition coefficient (Wildman–Crippen LogP) is 5.20. The molecular formula is C20H19Cl2F2N5O. The van der Waals surface area contributed by atoms with Gasteiger partial charge in [0, 0.05) is 39.0 Å². The van der Waals surface area contributed by atoms with Crippen molar-refractivity contribution in [1.82, 2.24) is 19.6 Å². The number of alkyl halides is 2. The Kier molecular flexibility index (Phi) is 5.79. The average Bonchev–Trinajstić information content (AvgIpc) is 3.34. The third kappa shape index (κ3) is 4.49. The lowest BCUT2D eigenvalue weighted by atomic mass is 10.2. The van der Waals surface area contributed by atoms with E-state index in [1.54, 1.807) is 28.9 Å². The van der Waals surface area contributed by atoms with Gasteiger partial charge >= 0.3 is 0 Å². The molecule has 1 aliphatic carbocycles. The SMILES string of the molecule is Cc1cc(NC(=O)Cn2nc(C(F)F)cc2C2CC2)nn1Cc1c(Cl)cccc1Cl. The summed E-state index contributed by atoms with van der Waals surface area (Å²) in [5, 5.41) is 12.1. The number of aryl methyl sites for hydroxylation is 1. The van der Waals surface area contributed by atoms with Crippen LogP contribution in [-0.4, -0.2) is 25.5 Å². The van der Waals surface area contributed by atoms with Crippen LogP contribution in [-0.2, 0) is 17.9 Å². The summed E-state index contributed by atoms with van der Waals surface area (Å²) in [5.41, 5.74) is 1.91. The number of hydrogen-bond donors (Lipinski definition) is 1. The van der Waals surface area contributed by atoms with Gasteiger partial charge in [-0.2, -0.15) is 10.2 Å². The van der Waals surface area contributed by atoms with Crippen LogP contribution in [0.25, 0.3) is 0 Å². The molecule has 1 aromatic carbocycles. The highest BCUT2D eigenvalue weighted by molar-refractivity contribution is 6.35. The van der Waals surface area contributed by atoms with E-state index >= 15 is 0 Å². The number of hydrogen-bond acceptors (Lipinski definition) is 3. The standard InChI is InChI=1S/C20H19Cl2F2N5O/c1-11-7-18(27-28(11)9-13-14(21)3-2-4-15(13)22)25-19(30)10-29-17(12-5-6-12)8-16(26-29)20(23)24/h2-4,7-8,12,20H,5-6,9-10H2,1H3,(H,25,27,30). The molecule has 0 saturated heterocycles. The molecule has 0 radical (unpaired) electrons. The van der Waals surface area contributed by atoms with Crippen LogP contribution in [0.5, 0.6) is 0 Å². The molecule has 1 fully saturated rings. The van der Waals surface area contributed by atoms with Crippen molar-refractivity contribution < 1.29 is 13.6 Å². The van der Waals surface area contributed by atoms with Crippen LogP contribution >= 0.6 is 23.2 Å². The van der Waals surface area contributed by atoms with Crippen molar-refractivity contribution >= 4 is 34.9 Å². The molecule has 158 valence electrons. The third-order valence-corrected chi connectivity index (χ3v) is 5.67. The maximum Gasteiger partial charge on any atom is 0.282 e. The first-order chi connectivity index (χ1) is 14.3. The van der Waals surface area contributed by atoms with E-state index in [2.05, 4.69) is 15.5 Å². The van der Waals surface area contributed by atoms with Gasteiger partial charge in [0.2, 0.25) is 5.91 Å². The Bertz CT molecular complexity index is 1070. The van der Waals surface area contributed by atoms with Gasteiger partial charge in [-0.15, -0.1) is 0 Å². The fourth-order valence-electron chi connectivity index (χ4n) is 3.28. The van der Waals surface area contributed by atoms with Crippen molar-refractivity contribution in [2.45, 2.75) is 45.2 Å². The number of nitrogens with one attached hydrogen (secondary N) is 1. The van der Waals surface area contributed by atoms with Gasteiger partial charge in [-0.3, -0.25) is 14.2 Å². The minimum atomic E-state index is -2.67. The minimum absolute atomic E-state index is 0.152. The Morgan fingerprint density at radius 3 is 2.53 bits per heavy atom. The van der Waals surface area contributed by atoms with Crippen LogP contribution in [0.15, 0.2) is 30.3 Å². The molecular weight excluding hydrogens is 435 g/mol.